The molecule has 1 aromatic heterocycles. The summed E-state index contributed by atoms with van der Waals surface area (Å²) < 4.78 is 2.64. The number of nitriles is 1. The van der Waals surface area contributed by atoms with E-state index in [4.69, 9.17) is 16.9 Å². The lowest BCUT2D eigenvalue weighted by Crippen LogP contribution is -2.39. The van der Waals surface area contributed by atoms with Gasteiger partial charge in [0, 0.05) is 51.1 Å². The molecule has 1 aliphatic rings. The van der Waals surface area contributed by atoms with Crippen LogP contribution in [0.3, 0.4) is 0 Å². The van der Waals surface area contributed by atoms with Gasteiger partial charge in [0.25, 0.3) is 5.56 Å². The summed E-state index contributed by atoms with van der Waals surface area (Å²) in [7, 11) is 0. The second kappa shape index (κ2) is 11.3. The predicted octanol–water partition coefficient (Wildman–Crippen LogP) is 2.57. The molecular weight excluding hydrogens is 522 g/mol. The minimum Gasteiger partial charge on any atom is -0.341 e. The second-order valence-corrected chi connectivity index (χ2v) is 9.91. The van der Waals surface area contributed by atoms with Crippen LogP contribution in [0.1, 0.15) is 31.9 Å². The average Bonchev–Trinajstić information content (AvgIpc) is 3.36. The summed E-state index contributed by atoms with van der Waals surface area (Å²) in [4.78, 5) is 65.9. The van der Waals surface area contributed by atoms with Crippen molar-refractivity contribution in [1.82, 2.24) is 14.0 Å². The zero-order valence-corrected chi connectivity index (χ0v) is 22.6. The molecule has 10 nitrogen and oxygen atoms in total. The van der Waals surface area contributed by atoms with Crippen LogP contribution in [-0.2, 0) is 33.9 Å². The van der Waals surface area contributed by atoms with Gasteiger partial charge in [-0.1, -0.05) is 17.7 Å². The van der Waals surface area contributed by atoms with Gasteiger partial charge in [0.15, 0.2) is 0 Å². The van der Waals surface area contributed by atoms with Gasteiger partial charge in [0.1, 0.15) is 11.9 Å². The maximum absolute atomic E-state index is 13.4. The first kappa shape index (κ1) is 27.8. The molecule has 0 unspecified atom stereocenters. The standard InChI is InChI=1S/C28H28ClN5O5/c1-4-33-24-9-8-19(12-20(24)27(38)34(5-2)28(33)39)31-26(37)22-15-32(16(3)35)14-21(22)25(36)11-17-6-7-18(13-30)23(29)10-17/h6-10,12,21-22H,4-5,11,14-15H2,1-3H3,(H,31,37)/t21-,22+/m1/s1. The van der Waals surface area contributed by atoms with Crippen LogP contribution < -0.4 is 16.6 Å². The van der Waals surface area contributed by atoms with Crippen molar-refractivity contribution >= 4 is 45.8 Å². The van der Waals surface area contributed by atoms with Crippen LogP contribution in [0.15, 0.2) is 46.0 Å². The molecule has 1 N–H and O–H groups in total. The largest absolute Gasteiger partial charge is 0.341 e. The third-order valence-corrected chi connectivity index (χ3v) is 7.49. The van der Waals surface area contributed by atoms with Gasteiger partial charge in [-0.2, -0.15) is 5.26 Å². The Labute approximate surface area is 229 Å². The lowest BCUT2D eigenvalue weighted by atomic mass is 9.88. The first-order valence-corrected chi connectivity index (χ1v) is 13.0. The Kier molecular flexibility index (Phi) is 8.02. The van der Waals surface area contributed by atoms with Gasteiger partial charge in [-0.3, -0.25) is 28.3 Å². The van der Waals surface area contributed by atoms with Crippen molar-refractivity contribution in [1.29, 1.82) is 5.26 Å². The second-order valence-electron chi connectivity index (χ2n) is 9.50. The third-order valence-electron chi connectivity index (χ3n) is 7.17. The van der Waals surface area contributed by atoms with E-state index in [1.165, 1.54) is 28.5 Å². The molecule has 2 amide bonds. The summed E-state index contributed by atoms with van der Waals surface area (Å²) in [5.74, 6) is -2.47. The molecule has 0 bridgehead atoms. The molecule has 0 aliphatic carbocycles. The lowest BCUT2D eigenvalue weighted by molar-refractivity contribution is -0.128. The van der Waals surface area contributed by atoms with E-state index in [0.717, 1.165) is 4.57 Å². The van der Waals surface area contributed by atoms with E-state index >= 15 is 0 Å². The average molecular weight is 550 g/mol. The van der Waals surface area contributed by atoms with Gasteiger partial charge in [-0.15, -0.1) is 0 Å². The Morgan fingerprint density at radius 3 is 2.33 bits per heavy atom. The number of anilines is 1. The van der Waals surface area contributed by atoms with E-state index in [1.54, 1.807) is 31.2 Å². The van der Waals surface area contributed by atoms with Gasteiger partial charge >= 0.3 is 5.69 Å². The zero-order valence-electron chi connectivity index (χ0n) is 21.9. The van der Waals surface area contributed by atoms with Crippen LogP contribution in [0.2, 0.25) is 5.02 Å². The van der Waals surface area contributed by atoms with Crippen molar-refractivity contribution in [3.63, 3.8) is 0 Å². The highest BCUT2D eigenvalue weighted by atomic mass is 35.5. The number of rotatable bonds is 7. The Morgan fingerprint density at radius 1 is 1.03 bits per heavy atom. The number of likely N-dealkylation sites (tertiary alicyclic amines) is 1. The molecule has 4 rings (SSSR count). The zero-order chi connectivity index (χ0) is 28.4. The fourth-order valence-corrected chi connectivity index (χ4v) is 5.31. The fraction of sp³-hybridized carbons (Fsp3) is 0.357. The quantitative estimate of drug-likeness (QED) is 0.481. The van der Waals surface area contributed by atoms with Crippen molar-refractivity contribution < 1.29 is 14.4 Å². The summed E-state index contributed by atoms with van der Waals surface area (Å²) >= 11 is 6.11. The van der Waals surface area contributed by atoms with E-state index in [-0.39, 0.29) is 42.8 Å². The molecule has 202 valence electrons. The van der Waals surface area contributed by atoms with E-state index in [1.807, 2.05) is 13.0 Å². The smallest absolute Gasteiger partial charge is 0.331 e. The number of amides is 2. The summed E-state index contributed by atoms with van der Waals surface area (Å²) in [6.45, 7) is 5.68. The number of nitrogens with one attached hydrogen (secondary N) is 1. The van der Waals surface area contributed by atoms with Crippen LogP contribution in [0.5, 0.6) is 0 Å². The van der Waals surface area contributed by atoms with Crippen LogP contribution in [0.4, 0.5) is 5.69 Å². The highest BCUT2D eigenvalue weighted by molar-refractivity contribution is 6.31. The van der Waals surface area contributed by atoms with Crippen LogP contribution in [0, 0.1) is 23.2 Å². The number of Topliss-reactive ketones (excluding diaryl/α,β-unsaturated/α-hetero) is 1. The molecule has 1 saturated heterocycles. The molecule has 2 atom stereocenters. The number of hydrogen-bond donors (Lipinski definition) is 1. The Balaban J connectivity index is 1.62. The molecule has 3 aromatic rings. The van der Waals surface area contributed by atoms with Crippen molar-refractivity contribution in [3.8, 4) is 6.07 Å². The molecule has 1 aliphatic heterocycles. The maximum atomic E-state index is 13.4. The molecule has 0 radical (unpaired) electrons. The summed E-state index contributed by atoms with van der Waals surface area (Å²) in [5, 5.41) is 12.4. The van der Waals surface area contributed by atoms with E-state index in [2.05, 4.69) is 5.32 Å². The third kappa shape index (κ3) is 5.36. The molecule has 11 heteroatoms. The molecular formula is C28H28ClN5O5. The highest BCUT2D eigenvalue weighted by Gasteiger charge is 2.42. The fourth-order valence-electron chi connectivity index (χ4n) is 5.07. The van der Waals surface area contributed by atoms with Crippen LogP contribution >= 0.6 is 11.6 Å². The summed E-state index contributed by atoms with van der Waals surface area (Å²) in [5.41, 5.74) is 0.872. The topological polar surface area (TPSA) is 134 Å². The van der Waals surface area contributed by atoms with Crippen molar-refractivity contribution in [2.75, 3.05) is 18.4 Å². The van der Waals surface area contributed by atoms with Gasteiger partial charge in [0.05, 0.1) is 27.4 Å². The number of aromatic nitrogens is 2. The number of halogens is 1. The number of aryl methyl sites for hydroxylation is 1. The van der Waals surface area contributed by atoms with Gasteiger partial charge < -0.3 is 10.2 Å². The van der Waals surface area contributed by atoms with Gasteiger partial charge in [-0.05, 0) is 49.7 Å². The Morgan fingerprint density at radius 2 is 1.72 bits per heavy atom. The number of carbonyl (C=O) groups is 3. The number of nitrogens with zero attached hydrogens (tertiary/aromatic N) is 4. The number of fused-ring (bicyclic) bond motifs is 1. The normalized spacial score (nSPS) is 16.7. The minimum absolute atomic E-state index is 0.00724. The summed E-state index contributed by atoms with van der Waals surface area (Å²) in [6, 6.07) is 11.5. The molecule has 0 saturated carbocycles. The SMILES string of the molecule is CCn1c(=O)c2cc(NC(=O)[C@H]3CN(C(C)=O)C[C@H]3C(=O)Cc3ccc(C#N)c(Cl)c3)ccc2n(CC)c1=O. The molecule has 2 aromatic carbocycles. The first-order valence-electron chi connectivity index (χ1n) is 12.6. The number of ketones is 1. The van der Waals surface area contributed by atoms with Crippen LogP contribution in [-0.4, -0.2) is 44.7 Å². The number of hydrogen-bond acceptors (Lipinski definition) is 6. The van der Waals surface area contributed by atoms with Crippen LogP contribution in [0.25, 0.3) is 10.9 Å². The minimum atomic E-state index is -0.803. The Bertz CT molecular complexity index is 1650. The molecule has 0 spiro atoms. The maximum Gasteiger partial charge on any atom is 0.331 e. The van der Waals surface area contributed by atoms with Crippen molar-refractivity contribution in [3.05, 3.63) is 73.4 Å². The predicted molar refractivity (Wildman–Crippen MR) is 147 cm³/mol. The number of benzene rings is 2. The lowest BCUT2D eigenvalue weighted by Gasteiger charge is -2.18. The first-order chi connectivity index (χ1) is 18.6. The summed E-state index contributed by atoms with van der Waals surface area (Å²) in [6.07, 6.45) is -0.00724. The molecule has 39 heavy (non-hydrogen) atoms. The van der Waals surface area contributed by atoms with Crippen molar-refractivity contribution in [2.24, 2.45) is 11.8 Å². The number of carbonyl (C=O) groups excluding carboxylic acids is 3. The molecule has 2 heterocycles. The van der Waals surface area contributed by atoms with Crippen molar-refractivity contribution in [2.45, 2.75) is 40.3 Å². The molecule has 1 fully saturated rings. The van der Waals surface area contributed by atoms with E-state index in [9.17, 15) is 24.0 Å². The van der Waals surface area contributed by atoms with Gasteiger partial charge in [-0.25, -0.2) is 4.79 Å². The van der Waals surface area contributed by atoms with Gasteiger partial charge in [0.2, 0.25) is 11.8 Å². The highest BCUT2D eigenvalue weighted by Crippen LogP contribution is 2.28. The monoisotopic (exact) mass is 549 g/mol. The van der Waals surface area contributed by atoms with E-state index < -0.39 is 29.0 Å². The Hall–Kier alpha value is -4.23. The van der Waals surface area contributed by atoms with E-state index in [0.29, 0.717) is 34.3 Å².